The van der Waals surface area contributed by atoms with Gasteiger partial charge in [0.1, 0.15) is 0 Å². The van der Waals surface area contributed by atoms with Crippen molar-refractivity contribution < 1.29 is 4.74 Å². The Morgan fingerprint density at radius 2 is 1.71 bits per heavy atom. The number of nitrogens with zero attached hydrogens (tertiary/aromatic N) is 2. The lowest BCUT2D eigenvalue weighted by Gasteiger charge is -2.36. The van der Waals surface area contributed by atoms with Crippen LogP contribution in [0.5, 0.6) is 0 Å². The molecule has 0 amide bonds. The lowest BCUT2D eigenvalue weighted by Crippen LogP contribution is -2.47. The molecule has 1 radical (unpaired) electrons. The van der Waals surface area contributed by atoms with Gasteiger partial charge in [-0.15, -0.1) is 0 Å². The van der Waals surface area contributed by atoms with Gasteiger partial charge in [0, 0.05) is 45.0 Å². The van der Waals surface area contributed by atoms with Crippen molar-refractivity contribution in [3.05, 3.63) is 36.8 Å². The zero-order valence-corrected chi connectivity index (χ0v) is 13.8. The van der Waals surface area contributed by atoms with Gasteiger partial charge in [-0.05, 0) is 37.0 Å². The van der Waals surface area contributed by atoms with Crippen LogP contribution in [0.3, 0.4) is 0 Å². The highest BCUT2D eigenvalue weighted by Crippen LogP contribution is 2.25. The predicted octanol–water partition coefficient (Wildman–Crippen LogP) is 2.96. The zero-order valence-electron chi connectivity index (χ0n) is 13.8. The van der Waals surface area contributed by atoms with Crippen LogP contribution in [0.4, 0.5) is 5.69 Å². The van der Waals surface area contributed by atoms with Crippen molar-refractivity contribution >= 4 is 5.69 Å². The summed E-state index contributed by atoms with van der Waals surface area (Å²) in [7, 11) is 0. The van der Waals surface area contributed by atoms with E-state index in [1.165, 1.54) is 11.3 Å². The van der Waals surface area contributed by atoms with Crippen molar-refractivity contribution in [2.45, 2.75) is 26.2 Å². The molecule has 1 fully saturated rings. The normalized spacial score (nSPS) is 17.2. The van der Waals surface area contributed by atoms with E-state index in [2.05, 4.69) is 61.8 Å². The summed E-state index contributed by atoms with van der Waals surface area (Å²) in [5, 5.41) is 0. The van der Waals surface area contributed by atoms with Gasteiger partial charge < -0.3 is 9.64 Å². The van der Waals surface area contributed by atoms with Crippen LogP contribution in [0.1, 0.15) is 26.3 Å². The van der Waals surface area contributed by atoms with Gasteiger partial charge in [-0.1, -0.05) is 26.0 Å². The fourth-order valence-electron chi connectivity index (χ4n) is 2.69. The molecule has 0 spiro atoms. The topological polar surface area (TPSA) is 15.7 Å². The second-order valence-electron chi connectivity index (χ2n) is 6.46. The van der Waals surface area contributed by atoms with Crippen molar-refractivity contribution in [2.24, 2.45) is 0 Å². The molecule has 1 aromatic rings. The molecule has 0 saturated carbocycles. The smallest absolute Gasteiger partial charge is 0.0593 e. The lowest BCUT2D eigenvalue weighted by molar-refractivity contribution is 0.111. The second kappa shape index (κ2) is 7.28. The van der Waals surface area contributed by atoms with E-state index >= 15 is 0 Å². The molecular formula is C18H29N2O. The summed E-state index contributed by atoms with van der Waals surface area (Å²) in [5.41, 5.74) is 2.60. The summed E-state index contributed by atoms with van der Waals surface area (Å²) >= 11 is 0. The molecule has 21 heavy (non-hydrogen) atoms. The Kier molecular flexibility index (Phi) is 5.65. The molecule has 1 aliphatic rings. The van der Waals surface area contributed by atoms with Crippen LogP contribution >= 0.6 is 0 Å². The Hall–Kier alpha value is -1.06. The summed E-state index contributed by atoms with van der Waals surface area (Å²) in [4.78, 5) is 4.96. The number of ether oxygens (including phenoxy) is 1. The van der Waals surface area contributed by atoms with Crippen LogP contribution < -0.4 is 4.90 Å². The predicted molar refractivity (Wildman–Crippen MR) is 90.0 cm³/mol. The molecule has 1 aliphatic heterocycles. The van der Waals surface area contributed by atoms with Gasteiger partial charge in [-0.25, -0.2) is 0 Å². The number of hydrogen-bond donors (Lipinski definition) is 0. The van der Waals surface area contributed by atoms with E-state index in [0.717, 1.165) is 45.9 Å². The molecule has 1 aromatic carbocycles. The van der Waals surface area contributed by atoms with Gasteiger partial charge in [0.05, 0.1) is 6.61 Å². The number of piperazine rings is 1. The van der Waals surface area contributed by atoms with Crippen LogP contribution in [0.2, 0.25) is 0 Å². The molecule has 117 valence electrons. The minimum Gasteiger partial charge on any atom is -0.380 e. The maximum absolute atomic E-state index is 5.43. The second-order valence-corrected chi connectivity index (χ2v) is 6.46. The number of rotatable bonds is 6. The van der Waals surface area contributed by atoms with E-state index in [9.17, 15) is 0 Å². The molecular weight excluding hydrogens is 260 g/mol. The maximum atomic E-state index is 5.43. The highest BCUT2D eigenvalue weighted by atomic mass is 16.5. The quantitative estimate of drug-likeness (QED) is 0.749. The van der Waals surface area contributed by atoms with Gasteiger partial charge in [-0.2, -0.15) is 0 Å². The molecule has 1 saturated heterocycles. The molecule has 3 heteroatoms. The lowest BCUT2D eigenvalue weighted by atomic mass is 9.87. The largest absolute Gasteiger partial charge is 0.380 e. The van der Waals surface area contributed by atoms with Crippen molar-refractivity contribution in [3.63, 3.8) is 0 Å². The molecule has 0 aliphatic carbocycles. The first-order valence-corrected chi connectivity index (χ1v) is 8.01. The Morgan fingerprint density at radius 1 is 1.10 bits per heavy atom. The van der Waals surface area contributed by atoms with Crippen molar-refractivity contribution in [2.75, 3.05) is 50.8 Å². The summed E-state index contributed by atoms with van der Waals surface area (Å²) in [6, 6.07) is 8.89. The first kappa shape index (κ1) is 16.3. The third kappa shape index (κ3) is 4.72. The average Bonchev–Trinajstić information content (AvgIpc) is 2.48. The highest BCUT2D eigenvalue weighted by molar-refractivity contribution is 5.49. The molecule has 2 rings (SSSR count). The molecule has 0 unspecified atom stereocenters. The SMILES string of the molecule is [CH2]C(C)(C)c1ccc(N2CCN(CCOCC)CC2)cc1. The Labute approximate surface area is 129 Å². The summed E-state index contributed by atoms with van der Waals surface area (Å²) < 4.78 is 5.43. The molecule has 1 heterocycles. The summed E-state index contributed by atoms with van der Waals surface area (Å²) in [6.45, 7) is 17.7. The number of hydrogen-bond acceptors (Lipinski definition) is 3. The zero-order chi connectivity index (χ0) is 15.3. The van der Waals surface area contributed by atoms with E-state index in [-0.39, 0.29) is 5.41 Å². The van der Waals surface area contributed by atoms with E-state index in [0.29, 0.717) is 0 Å². The Bertz CT molecular complexity index is 414. The fraction of sp³-hybridized carbons (Fsp3) is 0.611. The molecule has 3 nitrogen and oxygen atoms in total. The van der Waals surface area contributed by atoms with Crippen LogP contribution in [0.15, 0.2) is 24.3 Å². The number of anilines is 1. The maximum Gasteiger partial charge on any atom is 0.0593 e. The van der Waals surface area contributed by atoms with Crippen LogP contribution in [-0.4, -0.2) is 50.8 Å². The molecule has 0 N–H and O–H groups in total. The van der Waals surface area contributed by atoms with E-state index in [1.807, 2.05) is 0 Å². The van der Waals surface area contributed by atoms with Crippen molar-refractivity contribution in [3.8, 4) is 0 Å². The van der Waals surface area contributed by atoms with Crippen molar-refractivity contribution in [1.82, 2.24) is 4.90 Å². The van der Waals surface area contributed by atoms with Crippen LogP contribution in [0, 0.1) is 6.92 Å². The summed E-state index contributed by atoms with van der Waals surface area (Å²) in [6.07, 6.45) is 0. The van der Waals surface area contributed by atoms with Gasteiger partial charge in [0.2, 0.25) is 0 Å². The van der Waals surface area contributed by atoms with Crippen LogP contribution in [0.25, 0.3) is 0 Å². The first-order chi connectivity index (χ1) is 10.0. The fourth-order valence-corrected chi connectivity index (χ4v) is 2.69. The first-order valence-electron chi connectivity index (χ1n) is 8.01. The Morgan fingerprint density at radius 3 is 2.24 bits per heavy atom. The molecule has 0 bridgehead atoms. The summed E-state index contributed by atoms with van der Waals surface area (Å²) in [5.74, 6) is 0. The van der Waals surface area contributed by atoms with E-state index in [4.69, 9.17) is 4.74 Å². The van der Waals surface area contributed by atoms with Crippen molar-refractivity contribution in [1.29, 1.82) is 0 Å². The van der Waals surface area contributed by atoms with Gasteiger partial charge >= 0.3 is 0 Å². The van der Waals surface area contributed by atoms with Gasteiger partial charge in [0.15, 0.2) is 0 Å². The number of benzene rings is 1. The Balaban J connectivity index is 1.85. The minimum atomic E-state index is -0.0174. The van der Waals surface area contributed by atoms with Gasteiger partial charge in [0.25, 0.3) is 0 Å². The highest BCUT2D eigenvalue weighted by Gasteiger charge is 2.18. The average molecular weight is 289 g/mol. The van der Waals surface area contributed by atoms with Crippen LogP contribution in [-0.2, 0) is 10.2 Å². The monoisotopic (exact) mass is 289 g/mol. The molecule has 0 atom stereocenters. The third-order valence-electron chi connectivity index (χ3n) is 4.14. The standard InChI is InChI=1S/C18H29N2O/c1-5-21-15-14-19-10-12-20(13-11-19)17-8-6-16(7-9-17)18(2,3)4/h6-9H,2,5,10-15H2,1,3-4H3. The van der Waals surface area contributed by atoms with E-state index < -0.39 is 0 Å². The van der Waals surface area contributed by atoms with E-state index in [1.54, 1.807) is 0 Å². The van der Waals surface area contributed by atoms with Gasteiger partial charge in [-0.3, -0.25) is 4.90 Å². The third-order valence-corrected chi connectivity index (χ3v) is 4.14. The molecule has 0 aromatic heterocycles. The minimum absolute atomic E-state index is 0.0174.